The molecule has 1 aromatic rings. The third-order valence-electron chi connectivity index (χ3n) is 2.72. The first-order chi connectivity index (χ1) is 5.79. The predicted molar refractivity (Wildman–Crippen MR) is 52.7 cm³/mol. The van der Waals surface area contributed by atoms with Crippen LogP contribution in [-0.2, 0) is 0 Å². The van der Waals surface area contributed by atoms with E-state index >= 15 is 0 Å². The number of aryl methyl sites for hydroxylation is 1. The second kappa shape index (κ2) is 2.81. The molecule has 0 unspecified atom stereocenters. The van der Waals surface area contributed by atoms with Crippen molar-refractivity contribution in [2.24, 2.45) is 0 Å². The SMILES string of the molecule is Cc1cccc2c1NCC[C@H]2C. The van der Waals surface area contributed by atoms with Gasteiger partial charge >= 0.3 is 0 Å². The Morgan fingerprint density at radius 2 is 2.25 bits per heavy atom. The van der Waals surface area contributed by atoms with Gasteiger partial charge in [0.05, 0.1) is 0 Å². The van der Waals surface area contributed by atoms with Crippen molar-refractivity contribution >= 4 is 5.69 Å². The number of hydrogen-bond donors (Lipinski definition) is 1. The first-order valence-corrected chi connectivity index (χ1v) is 4.62. The van der Waals surface area contributed by atoms with Crippen molar-refractivity contribution in [3.63, 3.8) is 0 Å². The molecule has 0 radical (unpaired) electrons. The lowest BCUT2D eigenvalue weighted by Gasteiger charge is -2.25. The van der Waals surface area contributed by atoms with Crippen molar-refractivity contribution in [1.82, 2.24) is 0 Å². The fourth-order valence-corrected chi connectivity index (χ4v) is 1.91. The Morgan fingerprint density at radius 1 is 1.42 bits per heavy atom. The first kappa shape index (κ1) is 7.66. The molecule has 1 aliphatic heterocycles. The average Bonchev–Trinajstić information content (AvgIpc) is 2.07. The highest BCUT2D eigenvalue weighted by atomic mass is 14.9. The second-order valence-corrected chi connectivity index (χ2v) is 3.66. The van der Waals surface area contributed by atoms with Crippen LogP contribution in [0.1, 0.15) is 30.4 Å². The van der Waals surface area contributed by atoms with E-state index in [1.54, 1.807) is 0 Å². The summed E-state index contributed by atoms with van der Waals surface area (Å²) in [7, 11) is 0. The predicted octanol–water partition coefficient (Wildman–Crippen LogP) is 2.91. The molecule has 64 valence electrons. The van der Waals surface area contributed by atoms with Crippen LogP contribution >= 0.6 is 0 Å². The molecule has 0 amide bonds. The fourth-order valence-electron chi connectivity index (χ4n) is 1.91. The normalized spacial score (nSPS) is 21.3. The number of hydrogen-bond acceptors (Lipinski definition) is 1. The van der Waals surface area contributed by atoms with E-state index in [1.165, 1.54) is 23.2 Å². The van der Waals surface area contributed by atoms with E-state index in [1.807, 2.05) is 0 Å². The molecular formula is C11H15N. The van der Waals surface area contributed by atoms with Gasteiger partial charge in [-0.15, -0.1) is 0 Å². The van der Waals surface area contributed by atoms with E-state index in [4.69, 9.17) is 0 Å². The average molecular weight is 161 g/mol. The molecule has 1 N–H and O–H groups in total. The summed E-state index contributed by atoms with van der Waals surface area (Å²) in [6, 6.07) is 6.56. The van der Waals surface area contributed by atoms with Crippen LogP contribution in [0.4, 0.5) is 5.69 Å². The van der Waals surface area contributed by atoms with Crippen molar-refractivity contribution in [2.75, 3.05) is 11.9 Å². The summed E-state index contributed by atoms with van der Waals surface area (Å²) in [6.45, 7) is 5.60. The van der Waals surface area contributed by atoms with Gasteiger partial charge in [-0.25, -0.2) is 0 Å². The summed E-state index contributed by atoms with van der Waals surface area (Å²) in [5.74, 6) is 0.723. The van der Waals surface area contributed by atoms with E-state index in [9.17, 15) is 0 Å². The minimum absolute atomic E-state index is 0.723. The highest BCUT2D eigenvalue weighted by Gasteiger charge is 2.16. The molecule has 1 atom stereocenters. The summed E-state index contributed by atoms with van der Waals surface area (Å²) in [4.78, 5) is 0. The zero-order valence-electron chi connectivity index (χ0n) is 7.72. The summed E-state index contributed by atoms with van der Waals surface area (Å²) in [6.07, 6.45) is 1.26. The van der Waals surface area contributed by atoms with Gasteiger partial charge in [-0.1, -0.05) is 25.1 Å². The zero-order valence-corrected chi connectivity index (χ0v) is 7.72. The van der Waals surface area contributed by atoms with E-state index < -0.39 is 0 Å². The van der Waals surface area contributed by atoms with E-state index in [-0.39, 0.29) is 0 Å². The Hall–Kier alpha value is -0.980. The van der Waals surface area contributed by atoms with Crippen LogP contribution in [0.2, 0.25) is 0 Å². The molecule has 12 heavy (non-hydrogen) atoms. The van der Waals surface area contributed by atoms with Crippen molar-refractivity contribution in [1.29, 1.82) is 0 Å². The molecule has 0 spiro atoms. The molecule has 0 bridgehead atoms. The van der Waals surface area contributed by atoms with Gasteiger partial charge in [0.15, 0.2) is 0 Å². The number of anilines is 1. The molecule has 2 rings (SSSR count). The van der Waals surface area contributed by atoms with Crippen LogP contribution in [-0.4, -0.2) is 6.54 Å². The monoisotopic (exact) mass is 161 g/mol. The van der Waals surface area contributed by atoms with Crippen molar-refractivity contribution < 1.29 is 0 Å². The van der Waals surface area contributed by atoms with E-state index in [2.05, 4.69) is 37.4 Å². The van der Waals surface area contributed by atoms with Crippen LogP contribution < -0.4 is 5.32 Å². The lowest BCUT2D eigenvalue weighted by molar-refractivity contribution is 0.682. The Morgan fingerprint density at radius 3 is 3.00 bits per heavy atom. The lowest BCUT2D eigenvalue weighted by atomic mass is 9.91. The molecule has 0 saturated carbocycles. The van der Waals surface area contributed by atoms with Crippen LogP contribution in [0.15, 0.2) is 18.2 Å². The van der Waals surface area contributed by atoms with Gasteiger partial charge in [-0.05, 0) is 30.4 Å². The van der Waals surface area contributed by atoms with Crippen molar-refractivity contribution in [3.05, 3.63) is 29.3 Å². The molecule has 1 aromatic carbocycles. The summed E-state index contributed by atoms with van der Waals surface area (Å²) in [5, 5.41) is 3.46. The molecule has 1 nitrogen and oxygen atoms in total. The summed E-state index contributed by atoms with van der Waals surface area (Å²) < 4.78 is 0. The lowest BCUT2D eigenvalue weighted by Crippen LogP contribution is -2.15. The first-order valence-electron chi connectivity index (χ1n) is 4.62. The van der Waals surface area contributed by atoms with Gasteiger partial charge < -0.3 is 5.32 Å². The van der Waals surface area contributed by atoms with Gasteiger partial charge in [0.2, 0.25) is 0 Å². The molecule has 1 heteroatoms. The largest absolute Gasteiger partial charge is 0.385 e. The summed E-state index contributed by atoms with van der Waals surface area (Å²) in [5.41, 5.74) is 4.23. The topological polar surface area (TPSA) is 12.0 Å². The molecule has 0 fully saturated rings. The third kappa shape index (κ3) is 1.09. The molecule has 1 aliphatic rings. The van der Waals surface area contributed by atoms with Gasteiger partial charge in [-0.3, -0.25) is 0 Å². The molecule has 0 aromatic heterocycles. The molecular weight excluding hydrogens is 146 g/mol. The van der Waals surface area contributed by atoms with Crippen LogP contribution in [0.25, 0.3) is 0 Å². The number of rotatable bonds is 0. The van der Waals surface area contributed by atoms with E-state index in [0.29, 0.717) is 0 Å². The Balaban J connectivity index is 2.52. The molecule has 0 saturated heterocycles. The number of benzene rings is 1. The molecule has 0 aliphatic carbocycles. The Labute approximate surface area is 73.8 Å². The Kier molecular flexibility index (Phi) is 1.80. The molecule has 1 heterocycles. The Bertz CT molecular complexity index is 291. The third-order valence-corrected chi connectivity index (χ3v) is 2.72. The van der Waals surface area contributed by atoms with Crippen LogP contribution in [0.3, 0.4) is 0 Å². The van der Waals surface area contributed by atoms with Gasteiger partial charge in [0, 0.05) is 12.2 Å². The van der Waals surface area contributed by atoms with Crippen LogP contribution in [0.5, 0.6) is 0 Å². The van der Waals surface area contributed by atoms with Crippen molar-refractivity contribution in [3.8, 4) is 0 Å². The number of nitrogens with one attached hydrogen (secondary N) is 1. The number of fused-ring (bicyclic) bond motifs is 1. The van der Waals surface area contributed by atoms with Crippen molar-refractivity contribution in [2.45, 2.75) is 26.2 Å². The highest BCUT2D eigenvalue weighted by Crippen LogP contribution is 2.32. The fraction of sp³-hybridized carbons (Fsp3) is 0.455. The minimum Gasteiger partial charge on any atom is -0.385 e. The second-order valence-electron chi connectivity index (χ2n) is 3.66. The van der Waals surface area contributed by atoms with Crippen LogP contribution in [0, 0.1) is 6.92 Å². The maximum Gasteiger partial charge on any atom is 0.0405 e. The highest BCUT2D eigenvalue weighted by molar-refractivity contribution is 5.59. The number of para-hydroxylation sites is 1. The summed E-state index contributed by atoms with van der Waals surface area (Å²) >= 11 is 0. The zero-order chi connectivity index (χ0) is 8.55. The standard InChI is InChI=1S/C11H15N/c1-8-6-7-12-11-9(2)4-3-5-10(8)11/h3-5,8,12H,6-7H2,1-2H3/t8-/m1/s1. The van der Waals surface area contributed by atoms with Gasteiger partial charge in [-0.2, -0.15) is 0 Å². The quantitative estimate of drug-likeness (QED) is 0.617. The maximum absolute atomic E-state index is 3.46. The maximum atomic E-state index is 3.46. The van der Waals surface area contributed by atoms with Gasteiger partial charge in [0.25, 0.3) is 0 Å². The smallest absolute Gasteiger partial charge is 0.0405 e. The minimum atomic E-state index is 0.723. The van der Waals surface area contributed by atoms with Gasteiger partial charge in [0.1, 0.15) is 0 Å². The van der Waals surface area contributed by atoms with E-state index in [0.717, 1.165) is 12.5 Å².